The van der Waals surface area contributed by atoms with Crippen LogP contribution < -0.4 is 10.6 Å². The summed E-state index contributed by atoms with van der Waals surface area (Å²) in [5.41, 5.74) is 4.88. The zero-order valence-electron chi connectivity index (χ0n) is 19.1. The van der Waals surface area contributed by atoms with E-state index >= 15 is 0 Å². The number of nitrogens with one attached hydrogen (secondary N) is 2. The third-order valence-corrected chi connectivity index (χ3v) is 7.16. The highest BCUT2D eigenvalue weighted by Crippen LogP contribution is 2.46. The Morgan fingerprint density at radius 3 is 2.31 bits per heavy atom. The minimum absolute atomic E-state index is 0.0326. The first-order valence-corrected chi connectivity index (χ1v) is 11.8. The van der Waals surface area contributed by atoms with Crippen molar-refractivity contribution in [3.63, 3.8) is 0 Å². The summed E-state index contributed by atoms with van der Waals surface area (Å²) in [6, 6.07) is 26.0. The molecular formula is C29H24N4O2. The quantitative estimate of drug-likeness (QED) is 0.471. The van der Waals surface area contributed by atoms with Crippen LogP contribution in [0.25, 0.3) is 0 Å². The summed E-state index contributed by atoms with van der Waals surface area (Å²) in [6.07, 6.45) is 4.52. The Hall–Kier alpha value is -4.32. The molecule has 1 spiro atoms. The Morgan fingerprint density at radius 1 is 0.914 bits per heavy atom. The van der Waals surface area contributed by atoms with Crippen LogP contribution in [0, 0.1) is 0 Å². The Morgan fingerprint density at radius 2 is 1.60 bits per heavy atom. The Balaban J connectivity index is 1.22. The molecule has 0 saturated heterocycles. The van der Waals surface area contributed by atoms with Crippen molar-refractivity contribution in [1.29, 1.82) is 0 Å². The first-order chi connectivity index (χ1) is 17.1. The van der Waals surface area contributed by atoms with Crippen LogP contribution in [-0.4, -0.2) is 28.3 Å². The van der Waals surface area contributed by atoms with Gasteiger partial charge in [0, 0.05) is 30.4 Å². The molecule has 1 atom stereocenters. The van der Waals surface area contributed by atoms with Gasteiger partial charge >= 0.3 is 0 Å². The lowest BCUT2D eigenvalue weighted by Crippen LogP contribution is -2.35. The van der Waals surface area contributed by atoms with Crippen LogP contribution >= 0.6 is 0 Å². The van der Waals surface area contributed by atoms with E-state index in [0.29, 0.717) is 30.9 Å². The van der Waals surface area contributed by atoms with E-state index in [0.717, 1.165) is 27.8 Å². The van der Waals surface area contributed by atoms with Gasteiger partial charge in [0.1, 0.15) is 11.5 Å². The predicted molar refractivity (Wildman–Crippen MR) is 133 cm³/mol. The number of benzene rings is 2. The van der Waals surface area contributed by atoms with Gasteiger partial charge in [-0.15, -0.1) is 0 Å². The van der Waals surface area contributed by atoms with Crippen molar-refractivity contribution in [1.82, 2.24) is 15.3 Å². The average molecular weight is 461 g/mol. The number of pyridine rings is 2. The van der Waals surface area contributed by atoms with Crippen molar-refractivity contribution in [3.05, 3.63) is 125 Å². The molecule has 0 fully saturated rings. The molecule has 0 radical (unpaired) electrons. The molecule has 1 aliphatic carbocycles. The lowest BCUT2D eigenvalue weighted by atomic mass is 9.79. The van der Waals surface area contributed by atoms with Crippen molar-refractivity contribution in [2.75, 3.05) is 11.9 Å². The number of fused-ring (bicyclic) bond motifs is 3. The van der Waals surface area contributed by atoms with Crippen molar-refractivity contribution >= 4 is 17.6 Å². The van der Waals surface area contributed by atoms with Crippen molar-refractivity contribution < 1.29 is 9.59 Å². The van der Waals surface area contributed by atoms with Crippen molar-refractivity contribution in [2.24, 2.45) is 0 Å². The van der Waals surface area contributed by atoms with E-state index in [4.69, 9.17) is 0 Å². The molecule has 2 aromatic heterocycles. The second-order valence-corrected chi connectivity index (χ2v) is 9.21. The van der Waals surface area contributed by atoms with Gasteiger partial charge in [-0.1, -0.05) is 66.7 Å². The summed E-state index contributed by atoms with van der Waals surface area (Å²) < 4.78 is 0. The lowest BCUT2D eigenvalue weighted by Gasteiger charge is -2.20. The summed E-state index contributed by atoms with van der Waals surface area (Å²) in [6.45, 7) is 0.455. The molecule has 0 bridgehead atoms. The first-order valence-electron chi connectivity index (χ1n) is 11.8. The molecule has 172 valence electrons. The van der Waals surface area contributed by atoms with Gasteiger partial charge in [-0.3, -0.25) is 14.6 Å². The van der Waals surface area contributed by atoms with Gasteiger partial charge in [0.05, 0.1) is 5.41 Å². The van der Waals surface area contributed by atoms with Crippen LogP contribution in [0.15, 0.2) is 91.3 Å². The van der Waals surface area contributed by atoms with Gasteiger partial charge in [-0.05, 0) is 47.2 Å². The Labute approximate surface area is 203 Å². The van der Waals surface area contributed by atoms with Crippen LogP contribution in [0.3, 0.4) is 0 Å². The van der Waals surface area contributed by atoms with E-state index < -0.39 is 5.41 Å². The van der Waals surface area contributed by atoms with Gasteiger partial charge in [0.25, 0.3) is 5.91 Å². The van der Waals surface area contributed by atoms with Crippen LogP contribution in [0.1, 0.15) is 44.2 Å². The Bertz CT molecular complexity index is 1380. The predicted octanol–water partition coefficient (Wildman–Crippen LogP) is 4.03. The van der Waals surface area contributed by atoms with Crippen molar-refractivity contribution in [3.8, 4) is 0 Å². The third kappa shape index (κ3) is 3.67. The second-order valence-electron chi connectivity index (χ2n) is 9.21. The molecule has 4 aromatic rings. The fourth-order valence-corrected chi connectivity index (χ4v) is 5.36. The SMILES string of the molecule is O=C(NCC(c1ccccc1)c1ccccc1)c1cc2c(cn1)CC1(C2)C(=O)Nc2ncccc21. The fourth-order valence-electron chi connectivity index (χ4n) is 5.36. The fraction of sp³-hybridized carbons (Fsp3) is 0.172. The normalized spacial score (nSPS) is 17.8. The van der Waals surface area contributed by atoms with Crippen LogP contribution in [0.2, 0.25) is 0 Å². The summed E-state index contributed by atoms with van der Waals surface area (Å²) in [5, 5.41) is 6.00. The zero-order valence-corrected chi connectivity index (χ0v) is 19.1. The van der Waals surface area contributed by atoms with E-state index in [2.05, 4.69) is 44.9 Å². The molecule has 2 aromatic carbocycles. The molecule has 2 aliphatic rings. The van der Waals surface area contributed by atoms with E-state index in [1.165, 1.54) is 0 Å². The highest BCUT2D eigenvalue weighted by Gasteiger charge is 2.51. The van der Waals surface area contributed by atoms with Gasteiger partial charge in [0.2, 0.25) is 5.91 Å². The zero-order chi connectivity index (χ0) is 23.8. The van der Waals surface area contributed by atoms with Gasteiger partial charge < -0.3 is 10.6 Å². The monoisotopic (exact) mass is 460 g/mol. The van der Waals surface area contributed by atoms with Gasteiger partial charge in [-0.2, -0.15) is 0 Å². The lowest BCUT2D eigenvalue weighted by molar-refractivity contribution is -0.120. The summed E-state index contributed by atoms with van der Waals surface area (Å²) in [7, 11) is 0. The van der Waals surface area contributed by atoms with Crippen LogP contribution in [0.4, 0.5) is 5.82 Å². The molecule has 2 N–H and O–H groups in total. The van der Waals surface area contributed by atoms with Crippen LogP contribution in [0.5, 0.6) is 0 Å². The second kappa shape index (κ2) is 8.47. The van der Waals surface area contributed by atoms with Gasteiger partial charge in [-0.25, -0.2) is 4.98 Å². The van der Waals surface area contributed by atoms with E-state index in [1.807, 2.05) is 54.6 Å². The number of amides is 2. The molecule has 6 nitrogen and oxygen atoms in total. The summed E-state index contributed by atoms with van der Waals surface area (Å²) in [5.74, 6) is 0.403. The molecular weight excluding hydrogens is 436 g/mol. The molecule has 1 unspecified atom stereocenters. The molecule has 1 aliphatic heterocycles. The number of nitrogens with zero attached hydrogens (tertiary/aromatic N) is 2. The van der Waals surface area contributed by atoms with E-state index in [-0.39, 0.29) is 17.7 Å². The number of aromatic nitrogens is 2. The number of hydrogen-bond donors (Lipinski definition) is 2. The molecule has 2 amide bonds. The minimum atomic E-state index is -0.672. The molecule has 6 heteroatoms. The Kier molecular flexibility index (Phi) is 5.14. The first kappa shape index (κ1) is 21.2. The maximum Gasteiger partial charge on any atom is 0.269 e. The number of rotatable bonds is 5. The minimum Gasteiger partial charge on any atom is -0.350 e. The average Bonchev–Trinajstić information content (AvgIpc) is 3.42. The maximum atomic E-state index is 13.1. The highest BCUT2D eigenvalue weighted by atomic mass is 16.2. The van der Waals surface area contributed by atoms with E-state index in [9.17, 15) is 9.59 Å². The molecule has 6 rings (SSSR count). The molecule has 35 heavy (non-hydrogen) atoms. The number of carbonyl (C=O) groups excluding carboxylic acids is 2. The standard InChI is InChI=1S/C29H24N4O2/c34-27(32-18-23(19-8-3-1-4-9-19)20-10-5-2-6-11-20)25-14-21-15-29(16-22(21)17-31-25)24-12-7-13-30-26(24)33-28(29)35/h1-14,17,23H,15-16,18H2,(H,32,34)(H,30,33,35). The number of carbonyl (C=O) groups is 2. The van der Waals surface area contributed by atoms with Crippen LogP contribution in [-0.2, 0) is 23.1 Å². The van der Waals surface area contributed by atoms with Gasteiger partial charge in [0.15, 0.2) is 0 Å². The summed E-state index contributed by atoms with van der Waals surface area (Å²) >= 11 is 0. The largest absolute Gasteiger partial charge is 0.350 e. The topological polar surface area (TPSA) is 84.0 Å². The third-order valence-electron chi connectivity index (χ3n) is 7.16. The highest BCUT2D eigenvalue weighted by molar-refractivity contribution is 6.06. The maximum absolute atomic E-state index is 13.1. The number of hydrogen-bond acceptors (Lipinski definition) is 4. The smallest absolute Gasteiger partial charge is 0.269 e. The van der Waals surface area contributed by atoms with Crippen molar-refractivity contribution in [2.45, 2.75) is 24.2 Å². The molecule has 3 heterocycles. The number of anilines is 1. The van der Waals surface area contributed by atoms with E-state index in [1.54, 1.807) is 12.4 Å². The molecule has 0 saturated carbocycles. The summed E-state index contributed by atoms with van der Waals surface area (Å²) in [4.78, 5) is 34.8.